The highest BCUT2D eigenvalue weighted by molar-refractivity contribution is 6.17. The smallest absolute Gasteiger partial charge is 0.149 e. The summed E-state index contributed by atoms with van der Waals surface area (Å²) in [6.45, 7) is 9.22. The van der Waals surface area contributed by atoms with Crippen molar-refractivity contribution in [2.75, 3.05) is 0 Å². The van der Waals surface area contributed by atoms with Gasteiger partial charge in [-0.25, -0.2) is 4.98 Å². The summed E-state index contributed by atoms with van der Waals surface area (Å²) in [6, 6.07) is 57.0. The molecule has 0 saturated carbocycles. The Bertz CT molecular complexity index is 3020. The zero-order valence-electron chi connectivity index (χ0n) is 31.0. The molecule has 0 amide bonds. The van der Waals surface area contributed by atoms with E-state index in [4.69, 9.17) is 9.40 Å². The van der Waals surface area contributed by atoms with Crippen molar-refractivity contribution in [1.82, 2.24) is 9.55 Å². The van der Waals surface area contributed by atoms with Gasteiger partial charge in [0.1, 0.15) is 17.0 Å². The number of hydrogen-bond acceptors (Lipinski definition) is 2. The lowest BCUT2D eigenvalue weighted by atomic mass is 9.87. The molecule has 0 aliphatic heterocycles. The first-order valence-corrected chi connectivity index (χ1v) is 19.0. The predicted molar refractivity (Wildman–Crippen MR) is 228 cm³/mol. The number of fused-ring (bicyclic) bond motifs is 7. The van der Waals surface area contributed by atoms with Gasteiger partial charge in [-0.2, -0.15) is 0 Å². The molecule has 0 bridgehead atoms. The summed E-state index contributed by atoms with van der Waals surface area (Å²) in [6.07, 6.45) is 0. The van der Waals surface area contributed by atoms with E-state index >= 15 is 0 Å². The van der Waals surface area contributed by atoms with E-state index in [1.807, 2.05) is 0 Å². The Balaban J connectivity index is 1.22. The van der Waals surface area contributed by atoms with Gasteiger partial charge in [-0.1, -0.05) is 137 Å². The maximum absolute atomic E-state index is 6.91. The Hall–Kier alpha value is -6.45. The summed E-state index contributed by atoms with van der Waals surface area (Å²) in [7, 11) is 0. The fourth-order valence-electron chi connectivity index (χ4n) is 8.40. The van der Waals surface area contributed by atoms with E-state index in [-0.39, 0.29) is 11.8 Å². The van der Waals surface area contributed by atoms with Crippen LogP contribution < -0.4 is 0 Å². The van der Waals surface area contributed by atoms with E-state index < -0.39 is 0 Å². The third-order valence-corrected chi connectivity index (χ3v) is 11.1. The molecule has 0 aliphatic rings. The van der Waals surface area contributed by atoms with Gasteiger partial charge in [-0.3, -0.25) is 4.57 Å². The van der Waals surface area contributed by atoms with Gasteiger partial charge in [0, 0.05) is 10.8 Å². The Morgan fingerprint density at radius 2 is 1.13 bits per heavy atom. The second-order valence-electron chi connectivity index (χ2n) is 15.2. The van der Waals surface area contributed by atoms with Crippen LogP contribution in [0.4, 0.5) is 0 Å². The highest BCUT2D eigenvalue weighted by Crippen LogP contribution is 2.43. The highest BCUT2D eigenvalue weighted by Gasteiger charge is 2.25. The molecule has 0 saturated heterocycles. The molecule has 54 heavy (non-hydrogen) atoms. The average Bonchev–Trinajstić information content (AvgIpc) is 3.78. The van der Waals surface area contributed by atoms with Gasteiger partial charge in [0.15, 0.2) is 0 Å². The number of nitrogens with zero attached hydrogens (tertiary/aromatic N) is 2. The number of benzene rings is 8. The molecule has 3 nitrogen and oxygen atoms in total. The predicted octanol–water partition coefficient (Wildman–Crippen LogP) is 14.5. The molecular weight excluding hydrogens is 657 g/mol. The number of hydrogen-bond donors (Lipinski definition) is 0. The minimum atomic E-state index is 0.257. The zero-order valence-corrected chi connectivity index (χ0v) is 31.0. The minimum absolute atomic E-state index is 0.257. The number of imidazole rings is 1. The molecule has 10 rings (SSSR count). The van der Waals surface area contributed by atoms with Crippen molar-refractivity contribution in [2.45, 2.75) is 39.5 Å². The van der Waals surface area contributed by atoms with Crippen LogP contribution in [0.5, 0.6) is 0 Å². The summed E-state index contributed by atoms with van der Waals surface area (Å²) >= 11 is 0. The molecule has 0 atom stereocenters. The summed E-state index contributed by atoms with van der Waals surface area (Å²) in [4.78, 5) is 5.41. The molecule has 10 aromatic rings. The van der Waals surface area contributed by atoms with Crippen LogP contribution in [0.2, 0.25) is 0 Å². The van der Waals surface area contributed by atoms with Crippen molar-refractivity contribution >= 4 is 54.5 Å². The van der Waals surface area contributed by atoms with Gasteiger partial charge < -0.3 is 4.42 Å². The lowest BCUT2D eigenvalue weighted by Crippen LogP contribution is -2.09. The Morgan fingerprint density at radius 1 is 0.481 bits per heavy atom. The lowest BCUT2D eigenvalue weighted by Gasteiger charge is -2.24. The molecule has 0 radical (unpaired) electrons. The van der Waals surface area contributed by atoms with E-state index in [0.717, 1.165) is 44.4 Å². The molecule has 0 fully saturated rings. The second-order valence-corrected chi connectivity index (χ2v) is 15.2. The fraction of sp³-hybridized carbons (Fsp3) is 0.118. The van der Waals surface area contributed by atoms with Crippen molar-refractivity contribution in [2.24, 2.45) is 0 Å². The first-order valence-electron chi connectivity index (χ1n) is 19.0. The second kappa shape index (κ2) is 12.6. The molecule has 3 heteroatoms. The SMILES string of the molecule is CC(C)c1cc(-c2cccc(-c3ccccc3)c2)cc(C(C)C)c1-n1c(-c2cccc3c2oc2cc4c(ccc5ccccc54)cc23)nc2ccccc21. The van der Waals surface area contributed by atoms with E-state index in [2.05, 4.69) is 190 Å². The fourth-order valence-corrected chi connectivity index (χ4v) is 8.40. The summed E-state index contributed by atoms with van der Waals surface area (Å²) in [5.41, 5.74) is 13.5. The van der Waals surface area contributed by atoms with Crippen molar-refractivity contribution < 1.29 is 4.42 Å². The van der Waals surface area contributed by atoms with Crippen LogP contribution in [0.3, 0.4) is 0 Å². The largest absolute Gasteiger partial charge is 0.455 e. The summed E-state index contributed by atoms with van der Waals surface area (Å²) < 4.78 is 9.32. The van der Waals surface area contributed by atoms with Crippen molar-refractivity contribution in [3.8, 4) is 39.3 Å². The van der Waals surface area contributed by atoms with Crippen molar-refractivity contribution in [1.29, 1.82) is 0 Å². The molecule has 0 unspecified atom stereocenters. The molecule has 0 aliphatic carbocycles. The highest BCUT2D eigenvalue weighted by atomic mass is 16.3. The van der Waals surface area contributed by atoms with Crippen LogP contribution in [-0.2, 0) is 0 Å². The summed E-state index contributed by atoms with van der Waals surface area (Å²) in [5.74, 6) is 1.40. The monoisotopic (exact) mass is 696 g/mol. The number of furan rings is 1. The van der Waals surface area contributed by atoms with Crippen LogP contribution in [0.15, 0.2) is 162 Å². The number of aromatic nitrogens is 2. The molecule has 0 N–H and O–H groups in total. The van der Waals surface area contributed by atoms with E-state index in [1.54, 1.807) is 0 Å². The molecule has 2 heterocycles. The maximum atomic E-state index is 6.91. The quantitative estimate of drug-likeness (QED) is 0.162. The number of para-hydroxylation sites is 3. The van der Waals surface area contributed by atoms with Crippen LogP contribution in [-0.4, -0.2) is 9.55 Å². The van der Waals surface area contributed by atoms with E-state index in [1.165, 1.54) is 60.6 Å². The van der Waals surface area contributed by atoms with E-state index in [9.17, 15) is 0 Å². The zero-order chi connectivity index (χ0) is 36.5. The lowest BCUT2D eigenvalue weighted by molar-refractivity contribution is 0.670. The molecule has 260 valence electrons. The third-order valence-electron chi connectivity index (χ3n) is 11.1. The Labute approximate surface area is 315 Å². The number of rotatable bonds is 6. The molecule has 2 aromatic heterocycles. The normalized spacial score (nSPS) is 12.0. The minimum Gasteiger partial charge on any atom is -0.455 e. The first-order chi connectivity index (χ1) is 26.4. The molecule has 0 spiro atoms. The van der Waals surface area contributed by atoms with Gasteiger partial charge in [0.25, 0.3) is 0 Å². The maximum Gasteiger partial charge on any atom is 0.149 e. The topological polar surface area (TPSA) is 31.0 Å². The summed E-state index contributed by atoms with van der Waals surface area (Å²) in [5, 5.41) is 7.08. The van der Waals surface area contributed by atoms with Crippen molar-refractivity contribution in [3.63, 3.8) is 0 Å². The molecular formula is C51H40N2O. The van der Waals surface area contributed by atoms with E-state index in [0.29, 0.717) is 0 Å². The Morgan fingerprint density at radius 3 is 1.93 bits per heavy atom. The van der Waals surface area contributed by atoms with Crippen LogP contribution in [0.1, 0.15) is 50.7 Å². The van der Waals surface area contributed by atoms with Gasteiger partial charge in [-0.15, -0.1) is 0 Å². The van der Waals surface area contributed by atoms with Crippen LogP contribution in [0.25, 0.3) is 93.8 Å². The van der Waals surface area contributed by atoms with Gasteiger partial charge >= 0.3 is 0 Å². The van der Waals surface area contributed by atoms with Crippen LogP contribution >= 0.6 is 0 Å². The van der Waals surface area contributed by atoms with Gasteiger partial charge in [0.2, 0.25) is 0 Å². The van der Waals surface area contributed by atoms with Crippen molar-refractivity contribution in [3.05, 3.63) is 169 Å². The Kier molecular flexibility index (Phi) is 7.52. The van der Waals surface area contributed by atoms with Gasteiger partial charge in [-0.05, 0) is 115 Å². The third kappa shape index (κ3) is 5.15. The molecule has 8 aromatic carbocycles. The van der Waals surface area contributed by atoms with Gasteiger partial charge in [0.05, 0.1) is 22.3 Å². The standard InChI is InChI=1S/C51H40N2O/c1-31(2)42-28-38(36-18-12-17-35(26-36)33-14-6-5-7-15-33)29-43(32(3)4)49(42)53-47-23-11-10-22-46(47)52-51(53)41-21-13-20-40-45-27-37-25-24-34-16-8-9-19-39(34)44(37)30-48(45)54-50(40)41/h5-32H,1-4H3. The first kappa shape index (κ1) is 32.2. The average molecular weight is 697 g/mol. The van der Waals surface area contributed by atoms with Crippen LogP contribution in [0, 0.1) is 0 Å².